The van der Waals surface area contributed by atoms with E-state index in [9.17, 15) is 4.79 Å². The first-order valence-electron chi connectivity index (χ1n) is 13.8. The summed E-state index contributed by atoms with van der Waals surface area (Å²) in [6.07, 6.45) is 7.67. The smallest absolute Gasteiger partial charge is 0.326 e. The lowest BCUT2D eigenvalue weighted by Crippen LogP contribution is -2.18. The molecule has 1 aromatic heterocycles. The number of hydrogen-bond donors (Lipinski definition) is 3. The van der Waals surface area contributed by atoms with Crippen LogP contribution in [0.1, 0.15) is 49.9 Å². The minimum Gasteiger partial charge on any atom is -0.366 e. The largest absolute Gasteiger partial charge is 0.366 e. The molecule has 0 aliphatic carbocycles. The third-order valence-corrected chi connectivity index (χ3v) is 6.75. The van der Waals surface area contributed by atoms with Crippen LogP contribution < -0.4 is 16.3 Å². The van der Waals surface area contributed by atoms with Gasteiger partial charge in [-0.3, -0.25) is 14.6 Å². The van der Waals surface area contributed by atoms with E-state index in [4.69, 9.17) is 4.99 Å². The molecular weight excluding hydrogens is 517 g/mol. The molecule has 0 fully saturated rings. The zero-order valence-corrected chi connectivity index (χ0v) is 24.9. The predicted molar refractivity (Wildman–Crippen MR) is 172 cm³/mol. The number of rotatable bonds is 15. The maximum absolute atomic E-state index is 15.1. The number of imidazole rings is 1. The van der Waals surface area contributed by atoms with Crippen LogP contribution >= 0.6 is 0 Å². The Morgan fingerprint density at radius 2 is 1.95 bits per heavy atom. The Hall–Kier alpha value is -4.24. The predicted octanol–water partition coefficient (Wildman–Crippen LogP) is 6.29. The maximum atomic E-state index is 15.1. The van der Waals surface area contributed by atoms with Crippen molar-refractivity contribution in [1.82, 2.24) is 14.5 Å². The van der Waals surface area contributed by atoms with Crippen LogP contribution in [-0.2, 0) is 12.8 Å². The van der Waals surface area contributed by atoms with Gasteiger partial charge in [-0.2, -0.15) is 0 Å². The van der Waals surface area contributed by atoms with Crippen LogP contribution in [-0.4, -0.2) is 54.2 Å². The molecule has 3 aromatic rings. The summed E-state index contributed by atoms with van der Waals surface area (Å²) in [6, 6.07) is 7.31. The lowest BCUT2D eigenvalue weighted by molar-refractivity contribution is 0.400. The van der Waals surface area contributed by atoms with Gasteiger partial charge in [-0.25, -0.2) is 9.18 Å². The van der Waals surface area contributed by atoms with Crippen molar-refractivity contribution in [3.05, 3.63) is 94.5 Å². The molecule has 41 heavy (non-hydrogen) atoms. The molecule has 0 spiro atoms. The monoisotopic (exact) mass is 559 g/mol. The molecule has 2 aromatic carbocycles. The molecule has 0 aliphatic heterocycles. The molecule has 0 bridgehead atoms. The fraction of sp³-hybridized carbons (Fsp3) is 0.344. The van der Waals surface area contributed by atoms with Crippen molar-refractivity contribution in [3.63, 3.8) is 0 Å². The van der Waals surface area contributed by atoms with Crippen molar-refractivity contribution in [2.45, 2.75) is 46.1 Å². The van der Waals surface area contributed by atoms with E-state index in [2.05, 4.69) is 78.5 Å². The summed E-state index contributed by atoms with van der Waals surface area (Å²) in [7, 11) is 4.15. The molecule has 8 nitrogen and oxygen atoms in total. The van der Waals surface area contributed by atoms with Crippen LogP contribution in [0.4, 0.5) is 15.8 Å². The van der Waals surface area contributed by atoms with E-state index in [0.29, 0.717) is 16.8 Å². The molecule has 9 heteroatoms. The summed E-state index contributed by atoms with van der Waals surface area (Å²) < 4.78 is 16.6. The van der Waals surface area contributed by atoms with Crippen LogP contribution in [0, 0.1) is 5.82 Å². The lowest BCUT2D eigenvalue weighted by Gasteiger charge is -2.19. The van der Waals surface area contributed by atoms with Gasteiger partial charge < -0.3 is 20.5 Å². The Kier molecular flexibility index (Phi) is 11.0. The number of H-pyrrole nitrogens is 1. The van der Waals surface area contributed by atoms with Gasteiger partial charge in [-0.1, -0.05) is 26.1 Å². The highest BCUT2D eigenvalue weighted by Crippen LogP contribution is 2.29. The minimum absolute atomic E-state index is 0.142. The van der Waals surface area contributed by atoms with E-state index in [1.54, 1.807) is 18.2 Å². The summed E-state index contributed by atoms with van der Waals surface area (Å²) in [5, 5.41) is 6.81. The van der Waals surface area contributed by atoms with E-state index in [1.807, 2.05) is 13.8 Å². The van der Waals surface area contributed by atoms with Gasteiger partial charge in [0.2, 0.25) is 0 Å². The van der Waals surface area contributed by atoms with Gasteiger partial charge in [0, 0.05) is 34.9 Å². The maximum Gasteiger partial charge on any atom is 0.326 e. The highest BCUT2D eigenvalue weighted by Gasteiger charge is 2.16. The Morgan fingerprint density at radius 1 is 1.20 bits per heavy atom. The SMILES string of the molecule is C=CC(=C)Nc1cc(NCN=C(/C=C\N=C)c2cc(F)c3[nH]c(=O)n(C(C)C)c3c2)c(CC)cc1CCCN(C)C. The molecule has 3 N–H and O–H groups in total. The van der Waals surface area contributed by atoms with Gasteiger partial charge in [0.15, 0.2) is 0 Å². The number of nitrogens with one attached hydrogen (secondary N) is 3. The summed E-state index contributed by atoms with van der Waals surface area (Å²) >= 11 is 0. The molecule has 0 aliphatic rings. The number of anilines is 2. The third-order valence-electron chi connectivity index (χ3n) is 6.75. The van der Waals surface area contributed by atoms with Crippen LogP contribution in [0.25, 0.3) is 11.0 Å². The number of allylic oxidation sites excluding steroid dienone is 2. The second-order valence-electron chi connectivity index (χ2n) is 10.4. The third kappa shape index (κ3) is 7.91. The highest BCUT2D eigenvalue weighted by molar-refractivity contribution is 6.10. The van der Waals surface area contributed by atoms with Crippen molar-refractivity contribution in [3.8, 4) is 0 Å². The van der Waals surface area contributed by atoms with E-state index in [-0.39, 0.29) is 23.9 Å². The van der Waals surface area contributed by atoms with Crippen LogP contribution in [0.5, 0.6) is 0 Å². The number of aromatic amines is 1. The second-order valence-corrected chi connectivity index (χ2v) is 10.4. The zero-order valence-electron chi connectivity index (χ0n) is 24.9. The Morgan fingerprint density at radius 3 is 2.59 bits per heavy atom. The molecule has 0 saturated carbocycles. The number of aromatic nitrogens is 2. The summed E-state index contributed by atoms with van der Waals surface area (Å²) in [4.78, 5) is 25.8. The number of aryl methyl sites for hydroxylation is 2. The first-order valence-corrected chi connectivity index (χ1v) is 13.8. The zero-order chi connectivity index (χ0) is 30.1. The van der Waals surface area contributed by atoms with Crippen molar-refractivity contribution in [2.75, 3.05) is 37.9 Å². The van der Waals surface area contributed by atoms with Crippen LogP contribution in [0.15, 0.2) is 76.3 Å². The molecule has 1 heterocycles. The van der Waals surface area contributed by atoms with Crippen molar-refractivity contribution < 1.29 is 4.39 Å². The number of benzene rings is 2. The molecule has 0 saturated heterocycles. The van der Waals surface area contributed by atoms with E-state index < -0.39 is 5.82 Å². The van der Waals surface area contributed by atoms with Gasteiger partial charge in [-0.05, 0) is 102 Å². The van der Waals surface area contributed by atoms with Crippen molar-refractivity contribution in [2.24, 2.45) is 9.98 Å². The molecule has 3 rings (SSSR count). The second kappa shape index (κ2) is 14.4. The highest BCUT2D eigenvalue weighted by atomic mass is 19.1. The Balaban J connectivity index is 1.97. The number of halogens is 1. The molecule has 0 radical (unpaired) electrons. The first-order chi connectivity index (χ1) is 19.6. The van der Waals surface area contributed by atoms with Gasteiger partial charge in [0.1, 0.15) is 18.0 Å². The topological polar surface area (TPSA) is 89.8 Å². The summed E-state index contributed by atoms with van der Waals surface area (Å²) in [5.41, 5.74) is 6.36. The average molecular weight is 560 g/mol. The molecule has 0 unspecified atom stereocenters. The van der Waals surface area contributed by atoms with Gasteiger partial charge >= 0.3 is 5.69 Å². The van der Waals surface area contributed by atoms with Crippen LogP contribution in [0.2, 0.25) is 0 Å². The average Bonchev–Trinajstić information content (AvgIpc) is 3.27. The van der Waals surface area contributed by atoms with Crippen LogP contribution in [0.3, 0.4) is 0 Å². The fourth-order valence-electron chi connectivity index (χ4n) is 4.70. The molecular formula is C32H42FN7O. The normalized spacial score (nSPS) is 12.0. The fourth-order valence-corrected chi connectivity index (χ4v) is 4.70. The first kappa shape index (κ1) is 31.3. The number of hydrogen-bond acceptors (Lipinski definition) is 6. The van der Waals surface area contributed by atoms with E-state index in [1.165, 1.54) is 28.0 Å². The quantitative estimate of drug-likeness (QED) is 0.151. The summed E-state index contributed by atoms with van der Waals surface area (Å²) in [6.45, 7) is 18.5. The van der Waals surface area contributed by atoms with E-state index in [0.717, 1.165) is 42.9 Å². The van der Waals surface area contributed by atoms with Crippen molar-refractivity contribution >= 4 is 34.8 Å². The standard InChI is InChI=1S/C32H42FN7O/c1-9-22(5)37-29-19-28(23(10-2)16-24(29)12-11-15-39(7)8)36-20-35-27(13-14-34-6)25-17-26(33)31-30(18-25)40(21(3)4)32(41)38-31/h9,13-14,16-19,21,36-37H,1,5-6,10-12,15,20H2,2-4,7-8H3,(H,38,41)/b14-13-,35-27?. The van der Waals surface area contributed by atoms with Gasteiger partial charge in [0.05, 0.1) is 11.2 Å². The van der Waals surface area contributed by atoms with E-state index >= 15 is 4.39 Å². The Labute approximate surface area is 242 Å². The summed E-state index contributed by atoms with van der Waals surface area (Å²) in [5.74, 6) is -0.522. The number of aliphatic imine (C=N–C) groups is 2. The number of nitrogens with zero attached hydrogens (tertiary/aromatic N) is 4. The number of fused-ring (bicyclic) bond motifs is 1. The minimum atomic E-state index is -0.522. The van der Waals surface area contributed by atoms with Gasteiger partial charge in [-0.15, -0.1) is 0 Å². The molecule has 218 valence electrons. The van der Waals surface area contributed by atoms with Gasteiger partial charge in [0.25, 0.3) is 0 Å². The lowest BCUT2D eigenvalue weighted by atomic mass is 10.00. The Bertz CT molecular complexity index is 1530. The molecule has 0 atom stereocenters. The molecule has 0 amide bonds. The van der Waals surface area contributed by atoms with Crippen molar-refractivity contribution in [1.29, 1.82) is 0 Å².